The zero-order valence-corrected chi connectivity index (χ0v) is 24.1. The van der Waals surface area contributed by atoms with Crippen LogP contribution in [-0.2, 0) is 25.7 Å². The largest absolute Gasteiger partial charge is 0.496 e. The number of amides is 3. The van der Waals surface area contributed by atoms with Gasteiger partial charge in [0.15, 0.2) is 0 Å². The number of fused-ring (bicyclic) bond motifs is 1. The molecular weight excluding hydrogens is 518 g/mol. The highest BCUT2D eigenvalue weighted by Gasteiger charge is 2.72. The Hall–Kier alpha value is -3.65. The summed E-state index contributed by atoms with van der Waals surface area (Å²) in [7, 11) is 1.59. The predicted octanol–water partition coefficient (Wildman–Crippen LogP) is 4.23. The number of rotatable bonds is 7. The van der Waals surface area contributed by atoms with Gasteiger partial charge in [-0.2, -0.15) is 0 Å². The molecule has 0 unspecified atom stereocenters. The summed E-state index contributed by atoms with van der Waals surface area (Å²) in [6.07, 6.45) is 6.23. The molecule has 2 N–H and O–H groups in total. The lowest BCUT2D eigenvalue weighted by atomic mass is 9.73. The lowest BCUT2D eigenvalue weighted by Crippen LogP contribution is -2.57. The van der Waals surface area contributed by atoms with E-state index in [0.29, 0.717) is 23.3 Å². The molecule has 8 atom stereocenters. The third-order valence-corrected chi connectivity index (χ3v) is 9.78. The lowest BCUT2D eigenvalue weighted by Gasteiger charge is -2.38. The molecule has 216 valence electrons. The molecule has 6 rings (SSSR count). The van der Waals surface area contributed by atoms with Gasteiger partial charge in [-0.25, -0.2) is 0 Å². The number of hydrogen-bond acceptors (Lipinski definition) is 5. The number of aryl methyl sites for hydroxylation is 1. The maximum absolute atomic E-state index is 14.3. The summed E-state index contributed by atoms with van der Waals surface area (Å²) in [6.45, 7) is 6.55. The number of methoxy groups -OCH3 is 1. The SMILES string of the molecule is COc1ccccc1CN1C(=O)[C@@H]2[C@H](C(=O)Nc3cccc(C)c3)[C@@H]3C=C[C@@]2(O3)[C@@H]1C(=O)N[C@@H]1CCC[C@H](C)[C@@H]1C. The van der Waals surface area contributed by atoms with Gasteiger partial charge >= 0.3 is 0 Å². The van der Waals surface area contributed by atoms with Gasteiger partial charge in [0.2, 0.25) is 17.7 Å². The number of carbonyl (C=O) groups is 3. The molecule has 0 aromatic heterocycles. The van der Waals surface area contributed by atoms with Gasteiger partial charge in [-0.15, -0.1) is 0 Å². The average Bonchev–Trinajstić information content (AvgIpc) is 3.59. The molecule has 2 aromatic rings. The summed E-state index contributed by atoms with van der Waals surface area (Å²) in [5.74, 6) is -0.858. The van der Waals surface area contributed by atoms with Crippen LogP contribution in [0.2, 0.25) is 0 Å². The van der Waals surface area contributed by atoms with Crippen LogP contribution in [0.15, 0.2) is 60.7 Å². The summed E-state index contributed by atoms with van der Waals surface area (Å²) in [5, 5.41) is 6.31. The molecule has 8 heteroatoms. The number of likely N-dealkylation sites (tertiary alicyclic amines) is 1. The van der Waals surface area contributed by atoms with E-state index in [2.05, 4.69) is 24.5 Å². The van der Waals surface area contributed by atoms with Gasteiger partial charge < -0.3 is 25.0 Å². The number of anilines is 1. The average molecular weight is 558 g/mol. The van der Waals surface area contributed by atoms with Crippen molar-refractivity contribution in [1.29, 1.82) is 0 Å². The monoisotopic (exact) mass is 557 g/mol. The second-order valence-corrected chi connectivity index (χ2v) is 12.2. The molecular formula is C33H39N3O5. The fraction of sp³-hybridized carbons (Fsp3) is 0.485. The Balaban J connectivity index is 1.35. The maximum Gasteiger partial charge on any atom is 0.246 e. The van der Waals surface area contributed by atoms with Crippen molar-refractivity contribution in [3.8, 4) is 5.75 Å². The van der Waals surface area contributed by atoms with Crippen LogP contribution in [0.1, 0.15) is 44.2 Å². The second kappa shape index (κ2) is 10.6. The van der Waals surface area contributed by atoms with Crippen LogP contribution < -0.4 is 15.4 Å². The normalized spacial score (nSPS) is 33.5. The summed E-state index contributed by atoms with van der Waals surface area (Å²) < 4.78 is 12.1. The molecule has 3 aliphatic heterocycles. The van der Waals surface area contributed by atoms with Crippen LogP contribution in [0.3, 0.4) is 0 Å². The van der Waals surface area contributed by atoms with Crippen LogP contribution in [0.4, 0.5) is 5.69 Å². The van der Waals surface area contributed by atoms with Crippen LogP contribution in [0.5, 0.6) is 5.75 Å². The van der Waals surface area contributed by atoms with E-state index in [-0.39, 0.29) is 30.3 Å². The van der Waals surface area contributed by atoms with E-state index >= 15 is 0 Å². The smallest absolute Gasteiger partial charge is 0.246 e. The van der Waals surface area contributed by atoms with Crippen molar-refractivity contribution in [3.63, 3.8) is 0 Å². The summed E-state index contributed by atoms with van der Waals surface area (Å²) in [6, 6.07) is 14.2. The van der Waals surface area contributed by atoms with E-state index in [1.807, 2.05) is 67.6 Å². The maximum atomic E-state index is 14.3. The number of carbonyl (C=O) groups excluding carboxylic acids is 3. The zero-order valence-electron chi connectivity index (χ0n) is 24.1. The highest BCUT2D eigenvalue weighted by molar-refractivity contribution is 6.02. The minimum absolute atomic E-state index is 0.0212. The second-order valence-electron chi connectivity index (χ2n) is 12.2. The molecule has 4 aliphatic rings. The third kappa shape index (κ3) is 4.62. The zero-order chi connectivity index (χ0) is 28.9. The fourth-order valence-corrected chi connectivity index (χ4v) is 7.45. The van der Waals surface area contributed by atoms with Crippen LogP contribution in [0, 0.1) is 30.6 Å². The molecule has 1 aliphatic carbocycles. The van der Waals surface area contributed by atoms with Crippen LogP contribution in [-0.4, -0.2) is 53.5 Å². The number of nitrogens with one attached hydrogen (secondary N) is 2. The number of benzene rings is 2. The van der Waals surface area contributed by atoms with Crippen molar-refractivity contribution in [2.45, 2.75) is 70.4 Å². The first kappa shape index (κ1) is 27.5. The van der Waals surface area contributed by atoms with Crippen molar-refractivity contribution < 1.29 is 23.9 Å². The molecule has 1 spiro atoms. The van der Waals surface area contributed by atoms with E-state index in [4.69, 9.17) is 9.47 Å². The molecule has 41 heavy (non-hydrogen) atoms. The van der Waals surface area contributed by atoms with Gasteiger partial charge in [-0.3, -0.25) is 14.4 Å². The molecule has 8 nitrogen and oxygen atoms in total. The van der Waals surface area contributed by atoms with E-state index in [0.717, 1.165) is 30.4 Å². The minimum Gasteiger partial charge on any atom is -0.496 e. The molecule has 3 fully saturated rings. The molecule has 3 amide bonds. The van der Waals surface area contributed by atoms with Gasteiger partial charge in [-0.1, -0.05) is 69.2 Å². The van der Waals surface area contributed by atoms with E-state index in [1.165, 1.54) is 0 Å². The summed E-state index contributed by atoms with van der Waals surface area (Å²) >= 11 is 0. The number of para-hydroxylation sites is 1. The van der Waals surface area contributed by atoms with Crippen molar-refractivity contribution in [2.24, 2.45) is 23.7 Å². The Morgan fingerprint density at radius 3 is 2.68 bits per heavy atom. The highest BCUT2D eigenvalue weighted by atomic mass is 16.5. The lowest BCUT2D eigenvalue weighted by molar-refractivity contribution is -0.142. The topological polar surface area (TPSA) is 97.0 Å². The molecule has 1 saturated carbocycles. The van der Waals surface area contributed by atoms with Crippen molar-refractivity contribution in [2.75, 3.05) is 12.4 Å². The van der Waals surface area contributed by atoms with Crippen molar-refractivity contribution in [3.05, 3.63) is 71.8 Å². The third-order valence-electron chi connectivity index (χ3n) is 9.78. The molecule has 0 radical (unpaired) electrons. The van der Waals surface area contributed by atoms with Gasteiger partial charge in [0.1, 0.15) is 17.4 Å². The fourth-order valence-electron chi connectivity index (χ4n) is 7.45. The van der Waals surface area contributed by atoms with E-state index in [9.17, 15) is 14.4 Å². The number of nitrogens with zero attached hydrogens (tertiary/aromatic N) is 1. The Labute approximate surface area is 241 Å². The predicted molar refractivity (Wildman–Crippen MR) is 155 cm³/mol. The Morgan fingerprint density at radius 2 is 1.90 bits per heavy atom. The first-order chi connectivity index (χ1) is 19.7. The standard InChI is InChI=1S/C33H39N3O5/c1-19-9-7-12-23(17-19)34-30(37)27-26-15-16-33(41-26)28(27)32(39)36(18-22-11-5-6-14-25(22)40-4)29(33)31(38)35-24-13-8-10-20(2)21(24)3/h5-7,9,11-12,14-17,20-21,24,26-29H,8,10,13,18H2,1-4H3,(H,34,37)(H,35,38)/t20-,21-,24+,26-,27+,28-,29-,33-/m0/s1. The van der Waals surface area contributed by atoms with Gasteiger partial charge in [-0.05, 0) is 48.9 Å². The molecule has 2 bridgehead atoms. The number of hydrogen-bond donors (Lipinski definition) is 2. The minimum atomic E-state index is -1.22. The quantitative estimate of drug-likeness (QED) is 0.497. The highest BCUT2D eigenvalue weighted by Crippen LogP contribution is 2.55. The Morgan fingerprint density at radius 1 is 1.10 bits per heavy atom. The van der Waals surface area contributed by atoms with Gasteiger partial charge in [0.25, 0.3) is 0 Å². The van der Waals surface area contributed by atoms with Crippen LogP contribution >= 0.6 is 0 Å². The van der Waals surface area contributed by atoms with E-state index < -0.39 is 29.6 Å². The Kier molecular flexibility index (Phi) is 7.14. The first-order valence-electron chi connectivity index (χ1n) is 14.7. The van der Waals surface area contributed by atoms with Gasteiger partial charge in [0.05, 0.1) is 31.6 Å². The van der Waals surface area contributed by atoms with Crippen LogP contribution in [0.25, 0.3) is 0 Å². The van der Waals surface area contributed by atoms with E-state index in [1.54, 1.807) is 12.0 Å². The number of ether oxygens (including phenoxy) is 2. The summed E-state index contributed by atoms with van der Waals surface area (Å²) in [4.78, 5) is 43.9. The first-order valence-corrected chi connectivity index (χ1v) is 14.7. The van der Waals surface area contributed by atoms with Crippen molar-refractivity contribution >= 4 is 23.4 Å². The molecule has 3 heterocycles. The Bertz CT molecular complexity index is 1390. The van der Waals surface area contributed by atoms with Crippen molar-refractivity contribution in [1.82, 2.24) is 10.2 Å². The molecule has 2 aromatic carbocycles. The molecule has 2 saturated heterocycles. The van der Waals surface area contributed by atoms with Gasteiger partial charge in [0, 0.05) is 17.3 Å². The summed E-state index contributed by atoms with van der Waals surface area (Å²) in [5.41, 5.74) is 1.26.